The van der Waals surface area contributed by atoms with E-state index in [0.717, 1.165) is 5.56 Å². The summed E-state index contributed by atoms with van der Waals surface area (Å²) in [5.74, 6) is 7.07. The highest BCUT2D eigenvalue weighted by molar-refractivity contribution is 9.09. The fourth-order valence-corrected chi connectivity index (χ4v) is 1.44. The van der Waals surface area contributed by atoms with Gasteiger partial charge in [-0.05, 0) is 17.7 Å². The first-order valence-electron chi connectivity index (χ1n) is 4.67. The Morgan fingerprint density at radius 2 is 1.81 bits per heavy atom. The number of hydrogen-bond donors (Lipinski definition) is 1. The zero-order chi connectivity index (χ0) is 12.0. The Morgan fingerprint density at radius 3 is 2.19 bits per heavy atom. The van der Waals surface area contributed by atoms with Gasteiger partial charge in [-0.1, -0.05) is 27.8 Å². The number of methoxy groups -OCH3 is 2. The number of rotatable bonds is 3. The lowest BCUT2D eigenvalue weighted by atomic mass is 10.1. The van der Waals surface area contributed by atoms with Gasteiger partial charge in [0.15, 0.2) is 0 Å². The summed E-state index contributed by atoms with van der Waals surface area (Å²) in [6.45, 7) is -0.0567. The van der Waals surface area contributed by atoms with E-state index in [1.807, 2.05) is 0 Å². The molecule has 0 atom stereocenters. The molecular formula is C12H13BrO3. The quantitative estimate of drug-likeness (QED) is 0.681. The largest absolute Gasteiger partial charge is 0.495 e. The molecule has 1 N–H and O–H groups in total. The normalized spacial score (nSPS) is 9.25. The molecule has 0 aromatic heterocycles. The lowest BCUT2D eigenvalue weighted by molar-refractivity contribution is 0.280. The molecule has 0 radical (unpaired) electrons. The number of hydrogen-bond acceptors (Lipinski definition) is 3. The zero-order valence-electron chi connectivity index (χ0n) is 9.21. The molecule has 0 fully saturated rings. The predicted molar refractivity (Wildman–Crippen MR) is 66.1 cm³/mol. The van der Waals surface area contributed by atoms with E-state index in [1.54, 1.807) is 26.4 Å². The molecule has 0 saturated carbocycles. The first-order chi connectivity index (χ1) is 7.76. The number of aliphatic hydroxyl groups excluding tert-OH is 1. The molecular weight excluding hydrogens is 272 g/mol. The molecule has 1 aromatic carbocycles. The fraction of sp³-hybridized carbons (Fsp3) is 0.333. The molecule has 0 spiro atoms. The molecule has 0 amide bonds. The highest BCUT2D eigenvalue weighted by Gasteiger charge is 2.10. The highest BCUT2D eigenvalue weighted by atomic mass is 79.9. The third-order valence-electron chi connectivity index (χ3n) is 2.03. The summed E-state index contributed by atoms with van der Waals surface area (Å²) in [7, 11) is 3.13. The average Bonchev–Trinajstić information content (AvgIpc) is 2.35. The molecule has 0 aliphatic carbocycles. The summed E-state index contributed by atoms with van der Waals surface area (Å²) in [6.07, 6.45) is 0. The van der Waals surface area contributed by atoms with Gasteiger partial charge >= 0.3 is 0 Å². The molecule has 86 valence electrons. The summed E-state index contributed by atoms with van der Waals surface area (Å²) >= 11 is 3.23. The van der Waals surface area contributed by atoms with Gasteiger partial charge in [-0.25, -0.2) is 0 Å². The van der Waals surface area contributed by atoms with Crippen LogP contribution in [-0.4, -0.2) is 24.7 Å². The summed E-state index contributed by atoms with van der Waals surface area (Å²) in [4.78, 5) is 0. The number of ether oxygens (including phenoxy) is 2. The number of benzene rings is 1. The molecule has 0 bridgehead atoms. The molecule has 16 heavy (non-hydrogen) atoms. The van der Waals surface area contributed by atoms with Crippen LogP contribution in [0, 0.1) is 11.8 Å². The van der Waals surface area contributed by atoms with Crippen molar-refractivity contribution < 1.29 is 14.6 Å². The minimum Gasteiger partial charge on any atom is -0.495 e. The van der Waals surface area contributed by atoms with Crippen molar-refractivity contribution in [2.24, 2.45) is 0 Å². The second-order valence-electron chi connectivity index (χ2n) is 2.97. The van der Waals surface area contributed by atoms with Gasteiger partial charge < -0.3 is 14.6 Å². The molecule has 1 rings (SSSR count). The van der Waals surface area contributed by atoms with E-state index in [2.05, 4.69) is 27.8 Å². The second kappa shape index (κ2) is 6.41. The van der Waals surface area contributed by atoms with Crippen molar-refractivity contribution in [3.05, 3.63) is 23.3 Å². The SMILES string of the molecule is COc1cc(CO)cc(OC)c1C#CCBr. The molecule has 0 heterocycles. The Balaban J connectivity index is 3.31. The Morgan fingerprint density at radius 1 is 1.25 bits per heavy atom. The van der Waals surface area contributed by atoms with Crippen LogP contribution in [0.5, 0.6) is 11.5 Å². The van der Waals surface area contributed by atoms with E-state index >= 15 is 0 Å². The van der Waals surface area contributed by atoms with Crippen LogP contribution < -0.4 is 9.47 Å². The van der Waals surface area contributed by atoms with Gasteiger partial charge in [0.25, 0.3) is 0 Å². The van der Waals surface area contributed by atoms with Crippen molar-refractivity contribution in [1.29, 1.82) is 0 Å². The summed E-state index contributed by atoms with van der Waals surface area (Å²) in [5.41, 5.74) is 1.43. The van der Waals surface area contributed by atoms with Crippen molar-refractivity contribution >= 4 is 15.9 Å². The lowest BCUT2D eigenvalue weighted by Gasteiger charge is -2.10. The van der Waals surface area contributed by atoms with E-state index in [4.69, 9.17) is 14.6 Å². The van der Waals surface area contributed by atoms with Gasteiger partial charge in [-0.2, -0.15) is 0 Å². The van der Waals surface area contributed by atoms with E-state index in [0.29, 0.717) is 22.4 Å². The van der Waals surface area contributed by atoms with Gasteiger partial charge in [-0.15, -0.1) is 0 Å². The van der Waals surface area contributed by atoms with E-state index in [-0.39, 0.29) is 6.61 Å². The summed E-state index contributed by atoms with van der Waals surface area (Å²) < 4.78 is 10.4. The Bertz CT molecular complexity index is 393. The highest BCUT2D eigenvalue weighted by Crippen LogP contribution is 2.29. The standard InChI is InChI=1S/C12H13BrO3/c1-15-11-6-9(8-14)7-12(16-2)10(11)4-3-5-13/h6-7,14H,5,8H2,1-2H3. The van der Waals surface area contributed by atoms with Crippen molar-refractivity contribution in [3.8, 4) is 23.3 Å². The molecule has 4 heteroatoms. The van der Waals surface area contributed by atoms with Crippen LogP contribution in [0.25, 0.3) is 0 Å². The average molecular weight is 285 g/mol. The maximum absolute atomic E-state index is 9.09. The van der Waals surface area contributed by atoms with E-state index in [9.17, 15) is 0 Å². The topological polar surface area (TPSA) is 38.7 Å². The first-order valence-corrected chi connectivity index (χ1v) is 5.79. The van der Waals surface area contributed by atoms with Crippen LogP contribution in [0.15, 0.2) is 12.1 Å². The van der Waals surface area contributed by atoms with Crippen LogP contribution in [0.4, 0.5) is 0 Å². The van der Waals surface area contributed by atoms with Gasteiger partial charge in [0.1, 0.15) is 17.1 Å². The van der Waals surface area contributed by atoms with Gasteiger partial charge in [0.05, 0.1) is 26.2 Å². The Labute approximate surface area is 104 Å². The predicted octanol–water partition coefficient (Wildman–Crippen LogP) is 1.94. The van der Waals surface area contributed by atoms with Crippen molar-refractivity contribution in [2.45, 2.75) is 6.61 Å². The maximum atomic E-state index is 9.09. The van der Waals surface area contributed by atoms with Crippen LogP contribution in [0.1, 0.15) is 11.1 Å². The van der Waals surface area contributed by atoms with Gasteiger partial charge in [0.2, 0.25) is 0 Å². The molecule has 0 saturated heterocycles. The first kappa shape index (κ1) is 12.9. The molecule has 0 aliphatic heterocycles. The third-order valence-corrected chi connectivity index (χ3v) is 2.31. The van der Waals surface area contributed by atoms with Crippen LogP contribution in [-0.2, 0) is 6.61 Å². The van der Waals surface area contributed by atoms with Crippen LogP contribution in [0.3, 0.4) is 0 Å². The van der Waals surface area contributed by atoms with E-state index in [1.165, 1.54) is 0 Å². The maximum Gasteiger partial charge on any atom is 0.138 e. The zero-order valence-corrected chi connectivity index (χ0v) is 10.8. The number of alkyl halides is 1. The monoisotopic (exact) mass is 284 g/mol. The van der Waals surface area contributed by atoms with Crippen molar-refractivity contribution in [2.75, 3.05) is 19.5 Å². The number of aliphatic hydroxyl groups is 1. The van der Waals surface area contributed by atoms with E-state index < -0.39 is 0 Å². The smallest absolute Gasteiger partial charge is 0.138 e. The van der Waals surface area contributed by atoms with Gasteiger partial charge in [0, 0.05) is 0 Å². The van der Waals surface area contributed by atoms with Crippen LogP contribution in [0.2, 0.25) is 0 Å². The lowest BCUT2D eigenvalue weighted by Crippen LogP contribution is -1.96. The second-order valence-corrected chi connectivity index (χ2v) is 3.53. The summed E-state index contributed by atoms with van der Waals surface area (Å²) in [5, 5.41) is 9.67. The number of halogens is 1. The third kappa shape index (κ3) is 2.91. The Kier molecular flexibility index (Phi) is 5.17. The minimum absolute atomic E-state index is 0.0567. The molecule has 0 unspecified atom stereocenters. The molecule has 0 aliphatic rings. The minimum atomic E-state index is -0.0567. The Hall–Kier alpha value is -1.18. The van der Waals surface area contributed by atoms with Gasteiger partial charge in [-0.3, -0.25) is 0 Å². The molecule has 1 aromatic rings. The molecule has 3 nitrogen and oxygen atoms in total. The fourth-order valence-electron chi connectivity index (χ4n) is 1.30. The summed E-state index contributed by atoms with van der Waals surface area (Å²) in [6, 6.07) is 3.50. The van der Waals surface area contributed by atoms with Crippen molar-refractivity contribution in [1.82, 2.24) is 0 Å². The van der Waals surface area contributed by atoms with Crippen LogP contribution >= 0.6 is 15.9 Å². The van der Waals surface area contributed by atoms with Crippen molar-refractivity contribution in [3.63, 3.8) is 0 Å².